The number of pyridine rings is 1. The molecule has 2 rings (SSSR count). The van der Waals surface area contributed by atoms with E-state index in [9.17, 15) is 0 Å². The fourth-order valence-electron chi connectivity index (χ4n) is 1.45. The van der Waals surface area contributed by atoms with Crippen LogP contribution >= 0.6 is 11.3 Å². The Bertz CT molecular complexity index is 441. The van der Waals surface area contributed by atoms with Crippen LogP contribution < -0.4 is 11.1 Å². The molecule has 16 heavy (non-hydrogen) atoms. The van der Waals surface area contributed by atoms with Gasteiger partial charge >= 0.3 is 0 Å². The highest BCUT2D eigenvalue weighted by Gasteiger charge is 2.11. The molecule has 5 heteroatoms. The van der Waals surface area contributed by atoms with Crippen LogP contribution in [-0.4, -0.2) is 9.97 Å². The maximum absolute atomic E-state index is 5.70. The van der Waals surface area contributed by atoms with Crippen LogP contribution in [0.25, 0.3) is 0 Å². The topological polar surface area (TPSA) is 63.8 Å². The van der Waals surface area contributed by atoms with Gasteiger partial charge in [0.2, 0.25) is 0 Å². The maximum atomic E-state index is 5.70. The number of nitrogens with two attached hydrogens (primary N) is 1. The molecule has 2 aromatic heterocycles. The largest absolute Gasteiger partial charge is 0.399 e. The Hall–Kier alpha value is -1.62. The van der Waals surface area contributed by atoms with Crippen molar-refractivity contribution in [2.75, 3.05) is 11.1 Å². The second-order valence-corrected chi connectivity index (χ2v) is 4.38. The van der Waals surface area contributed by atoms with Gasteiger partial charge in [0.15, 0.2) is 0 Å². The van der Waals surface area contributed by atoms with Crippen molar-refractivity contribution >= 4 is 22.8 Å². The van der Waals surface area contributed by atoms with Gasteiger partial charge in [0.1, 0.15) is 10.8 Å². The second kappa shape index (κ2) is 4.94. The second-order valence-electron chi connectivity index (χ2n) is 3.45. The van der Waals surface area contributed by atoms with Crippen LogP contribution in [0.5, 0.6) is 0 Å². The molecule has 4 nitrogen and oxygen atoms in total. The number of hydrogen-bond acceptors (Lipinski definition) is 5. The van der Waals surface area contributed by atoms with Crippen LogP contribution in [0, 0.1) is 0 Å². The first-order valence-electron chi connectivity index (χ1n) is 5.17. The van der Waals surface area contributed by atoms with Crippen LogP contribution in [0.2, 0.25) is 0 Å². The third-order valence-electron chi connectivity index (χ3n) is 2.26. The number of hydrogen-bond donors (Lipinski definition) is 2. The lowest BCUT2D eigenvalue weighted by atomic mass is 10.2. The van der Waals surface area contributed by atoms with Crippen molar-refractivity contribution in [1.29, 1.82) is 0 Å². The van der Waals surface area contributed by atoms with Gasteiger partial charge in [-0.15, -0.1) is 11.3 Å². The molecule has 3 N–H and O–H groups in total. The van der Waals surface area contributed by atoms with E-state index in [-0.39, 0.29) is 6.04 Å². The lowest BCUT2D eigenvalue weighted by Crippen LogP contribution is -2.10. The first kappa shape index (κ1) is 10.9. The highest BCUT2D eigenvalue weighted by atomic mass is 32.1. The molecule has 0 bridgehead atoms. The Balaban J connectivity index is 2.13. The quantitative estimate of drug-likeness (QED) is 0.853. The molecule has 1 atom stereocenters. The van der Waals surface area contributed by atoms with Crippen molar-refractivity contribution in [2.24, 2.45) is 0 Å². The Labute approximate surface area is 98.6 Å². The zero-order chi connectivity index (χ0) is 11.4. The van der Waals surface area contributed by atoms with Crippen LogP contribution in [-0.2, 0) is 0 Å². The Morgan fingerprint density at radius 2 is 2.31 bits per heavy atom. The molecule has 0 radical (unpaired) electrons. The first-order chi connectivity index (χ1) is 7.79. The van der Waals surface area contributed by atoms with E-state index in [1.165, 1.54) is 0 Å². The van der Waals surface area contributed by atoms with Crippen LogP contribution in [0.3, 0.4) is 0 Å². The molecule has 0 aliphatic carbocycles. The van der Waals surface area contributed by atoms with Crippen molar-refractivity contribution in [3.8, 4) is 0 Å². The lowest BCUT2D eigenvalue weighted by Gasteiger charge is -2.15. The number of anilines is 2. The van der Waals surface area contributed by atoms with Gasteiger partial charge in [0.25, 0.3) is 0 Å². The summed E-state index contributed by atoms with van der Waals surface area (Å²) in [5.41, 5.74) is 6.42. The van der Waals surface area contributed by atoms with Crippen LogP contribution in [0.15, 0.2) is 29.9 Å². The summed E-state index contributed by atoms with van der Waals surface area (Å²) in [6.45, 7) is 2.12. The van der Waals surface area contributed by atoms with Gasteiger partial charge in [-0.3, -0.25) is 0 Å². The van der Waals surface area contributed by atoms with Gasteiger partial charge in [-0.1, -0.05) is 6.92 Å². The Morgan fingerprint density at radius 3 is 2.94 bits per heavy atom. The van der Waals surface area contributed by atoms with E-state index in [0.717, 1.165) is 17.2 Å². The SMILES string of the molecule is CCC(Nc1cc(N)ccn1)c1nccs1. The number of nitrogen functional groups attached to an aromatic ring is 1. The third-order valence-corrected chi connectivity index (χ3v) is 3.15. The van der Waals surface area contributed by atoms with Gasteiger partial charge in [-0.25, -0.2) is 9.97 Å². The van der Waals surface area contributed by atoms with Crippen molar-refractivity contribution in [3.63, 3.8) is 0 Å². The van der Waals surface area contributed by atoms with E-state index in [0.29, 0.717) is 5.69 Å². The van der Waals surface area contributed by atoms with Gasteiger partial charge < -0.3 is 11.1 Å². The zero-order valence-electron chi connectivity index (χ0n) is 9.05. The normalized spacial score (nSPS) is 12.3. The molecule has 0 aliphatic heterocycles. The molecular formula is C11H14N4S. The van der Waals surface area contributed by atoms with Gasteiger partial charge in [0.05, 0.1) is 6.04 Å². The van der Waals surface area contributed by atoms with Gasteiger partial charge in [0, 0.05) is 29.5 Å². The van der Waals surface area contributed by atoms with Crippen LogP contribution in [0.4, 0.5) is 11.5 Å². The monoisotopic (exact) mass is 234 g/mol. The van der Waals surface area contributed by atoms with Crippen molar-refractivity contribution in [3.05, 3.63) is 34.9 Å². The highest BCUT2D eigenvalue weighted by Crippen LogP contribution is 2.23. The molecule has 84 valence electrons. The average molecular weight is 234 g/mol. The van der Waals surface area contributed by atoms with E-state index in [1.807, 2.05) is 17.6 Å². The molecule has 0 saturated carbocycles. The van der Waals surface area contributed by atoms with Gasteiger partial charge in [-0.2, -0.15) is 0 Å². The summed E-state index contributed by atoms with van der Waals surface area (Å²) in [5, 5.41) is 6.38. The number of aromatic nitrogens is 2. The fraction of sp³-hybridized carbons (Fsp3) is 0.273. The minimum atomic E-state index is 0.203. The third kappa shape index (κ3) is 2.49. The summed E-state index contributed by atoms with van der Waals surface area (Å²) >= 11 is 1.65. The number of thiazole rings is 1. The number of nitrogens with zero attached hydrogens (tertiary/aromatic N) is 2. The number of nitrogens with one attached hydrogen (secondary N) is 1. The molecule has 0 saturated heterocycles. The summed E-state index contributed by atoms with van der Waals surface area (Å²) in [4.78, 5) is 8.53. The molecule has 2 aromatic rings. The molecule has 0 fully saturated rings. The summed E-state index contributed by atoms with van der Waals surface area (Å²) in [7, 11) is 0. The van der Waals surface area contributed by atoms with E-state index in [1.54, 1.807) is 23.6 Å². The predicted octanol–water partition coefficient (Wildman–Crippen LogP) is 2.68. The number of rotatable bonds is 4. The molecule has 0 spiro atoms. The minimum absolute atomic E-state index is 0.203. The van der Waals surface area contributed by atoms with E-state index >= 15 is 0 Å². The molecule has 0 aromatic carbocycles. The average Bonchev–Trinajstić information content (AvgIpc) is 2.79. The molecule has 0 amide bonds. The van der Waals surface area contributed by atoms with Crippen molar-refractivity contribution in [2.45, 2.75) is 19.4 Å². The molecule has 1 unspecified atom stereocenters. The summed E-state index contributed by atoms with van der Waals surface area (Å²) < 4.78 is 0. The maximum Gasteiger partial charge on any atom is 0.128 e. The minimum Gasteiger partial charge on any atom is -0.399 e. The van der Waals surface area contributed by atoms with Gasteiger partial charge in [-0.05, 0) is 12.5 Å². The zero-order valence-corrected chi connectivity index (χ0v) is 9.87. The predicted molar refractivity (Wildman–Crippen MR) is 67.4 cm³/mol. The highest BCUT2D eigenvalue weighted by molar-refractivity contribution is 7.09. The summed E-state index contributed by atoms with van der Waals surface area (Å²) in [6.07, 6.45) is 4.48. The van der Waals surface area contributed by atoms with E-state index < -0.39 is 0 Å². The fourth-order valence-corrected chi connectivity index (χ4v) is 2.22. The standard InChI is InChI=1S/C11H14N4S/c1-2-9(11-14-5-6-16-11)15-10-7-8(12)3-4-13-10/h3-7,9H,2H2,1H3,(H3,12,13,15). The Morgan fingerprint density at radius 1 is 1.44 bits per heavy atom. The van der Waals surface area contributed by atoms with Crippen molar-refractivity contribution < 1.29 is 0 Å². The first-order valence-corrected chi connectivity index (χ1v) is 6.05. The lowest BCUT2D eigenvalue weighted by molar-refractivity contribution is 0.738. The summed E-state index contributed by atoms with van der Waals surface area (Å²) in [5.74, 6) is 0.794. The van der Waals surface area contributed by atoms with Crippen molar-refractivity contribution in [1.82, 2.24) is 9.97 Å². The van der Waals surface area contributed by atoms with Crippen LogP contribution in [0.1, 0.15) is 24.4 Å². The van der Waals surface area contributed by atoms with E-state index in [4.69, 9.17) is 5.73 Å². The van der Waals surface area contributed by atoms with E-state index in [2.05, 4.69) is 22.2 Å². The smallest absolute Gasteiger partial charge is 0.128 e. The Kier molecular flexibility index (Phi) is 3.36. The molecular weight excluding hydrogens is 220 g/mol. The molecule has 0 aliphatic rings. The molecule has 2 heterocycles. The summed E-state index contributed by atoms with van der Waals surface area (Å²) in [6, 6.07) is 3.81.